The molecule has 0 bridgehead atoms. The van der Waals surface area contributed by atoms with Crippen LogP contribution in [-0.4, -0.2) is 14.6 Å². The maximum absolute atomic E-state index is 6.12. The number of hydrogen-bond donors (Lipinski definition) is 1. The highest BCUT2D eigenvalue weighted by Crippen LogP contribution is 2.29. The monoisotopic (exact) mass is 251 g/mol. The molecule has 0 aliphatic carbocycles. The van der Waals surface area contributed by atoms with Gasteiger partial charge in [0.2, 0.25) is 0 Å². The molecule has 0 aliphatic rings. The van der Waals surface area contributed by atoms with E-state index in [4.69, 9.17) is 23.2 Å². The molecule has 3 nitrogen and oxygen atoms in total. The van der Waals surface area contributed by atoms with Gasteiger partial charge in [-0.3, -0.25) is 5.10 Å². The van der Waals surface area contributed by atoms with Crippen LogP contribution >= 0.6 is 23.2 Å². The Morgan fingerprint density at radius 1 is 1.19 bits per heavy atom. The number of rotatable bonds is 1. The first-order chi connectivity index (χ1) is 7.74. The zero-order chi connectivity index (χ0) is 11.1. The summed E-state index contributed by atoms with van der Waals surface area (Å²) in [7, 11) is 0. The van der Waals surface area contributed by atoms with Crippen molar-refractivity contribution >= 4 is 28.8 Å². The first-order valence-electron chi connectivity index (χ1n) is 4.71. The predicted molar refractivity (Wildman–Crippen MR) is 65.0 cm³/mol. The zero-order valence-electron chi connectivity index (χ0n) is 8.11. The molecule has 0 spiro atoms. The zero-order valence-corrected chi connectivity index (χ0v) is 9.63. The van der Waals surface area contributed by atoms with Crippen molar-refractivity contribution in [2.75, 3.05) is 0 Å². The minimum absolute atomic E-state index is 0.622. The summed E-state index contributed by atoms with van der Waals surface area (Å²) in [6.45, 7) is 0. The molecule has 0 unspecified atom stereocenters. The topological polar surface area (TPSA) is 33.1 Å². The average molecular weight is 252 g/mol. The van der Waals surface area contributed by atoms with Gasteiger partial charge in [0.1, 0.15) is 0 Å². The van der Waals surface area contributed by atoms with E-state index in [1.165, 1.54) is 0 Å². The molecule has 1 aromatic carbocycles. The number of aromatic nitrogens is 3. The number of benzene rings is 1. The van der Waals surface area contributed by atoms with E-state index in [-0.39, 0.29) is 0 Å². The van der Waals surface area contributed by atoms with Crippen molar-refractivity contribution in [2.24, 2.45) is 0 Å². The van der Waals surface area contributed by atoms with Crippen LogP contribution in [0.3, 0.4) is 0 Å². The first kappa shape index (κ1) is 9.75. The van der Waals surface area contributed by atoms with Crippen LogP contribution in [0, 0.1) is 0 Å². The van der Waals surface area contributed by atoms with Crippen molar-refractivity contribution < 1.29 is 0 Å². The average Bonchev–Trinajstić information content (AvgIpc) is 2.76. The Kier molecular flexibility index (Phi) is 2.16. The lowest BCUT2D eigenvalue weighted by atomic mass is 10.1. The fourth-order valence-electron chi connectivity index (χ4n) is 1.65. The summed E-state index contributed by atoms with van der Waals surface area (Å²) < 4.78 is 1.83. The van der Waals surface area contributed by atoms with Crippen molar-refractivity contribution in [3.8, 4) is 11.3 Å². The lowest BCUT2D eigenvalue weighted by Gasteiger charge is -2.01. The van der Waals surface area contributed by atoms with Crippen LogP contribution in [0.1, 0.15) is 0 Å². The summed E-state index contributed by atoms with van der Waals surface area (Å²) in [6, 6.07) is 7.36. The van der Waals surface area contributed by atoms with Gasteiger partial charge in [0.15, 0.2) is 5.65 Å². The fourth-order valence-corrected chi connectivity index (χ4v) is 2.16. The second kappa shape index (κ2) is 3.54. The highest BCUT2D eigenvalue weighted by Gasteiger charge is 2.07. The number of hydrogen-bond acceptors (Lipinski definition) is 1. The summed E-state index contributed by atoms with van der Waals surface area (Å²) in [6.07, 6.45) is 3.59. The van der Waals surface area contributed by atoms with Gasteiger partial charge in [0.25, 0.3) is 0 Å². The Bertz CT molecular complexity index is 626. The van der Waals surface area contributed by atoms with E-state index in [0.29, 0.717) is 10.0 Å². The number of H-pyrrole nitrogens is 1. The SMILES string of the molecule is Clc1ccc(-c2cc3nccn3[nH]2)c(Cl)c1. The number of nitrogens with one attached hydrogen (secondary N) is 1. The molecule has 2 heterocycles. The minimum Gasteiger partial charge on any atom is -0.292 e. The molecule has 0 aliphatic heterocycles. The van der Waals surface area contributed by atoms with Crippen LogP contribution in [-0.2, 0) is 0 Å². The molecule has 0 atom stereocenters. The van der Waals surface area contributed by atoms with Crippen LogP contribution in [0.2, 0.25) is 10.0 Å². The molecular formula is C11H7Cl2N3. The fraction of sp³-hybridized carbons (Fsp3) is 0. The van der Waals surface area contributed by atoms with E-state index in [2.05, 4.69) is 10.1 Å². The van der Waals surface area contributed by atoms with E-state index in [1.807, 2.05) is 28.9 Å². The molecule has 0 radical (unpaired) electrons. The van der Waals surface area contributed by atoms with Gasteiger partial charge in [-0.15, -0.1) is 0 Å². The molecule has 0 saturated carbocycles. The minimum atomic E-state index is 0.622. The second-order valence-corrected chi connectivity index (χ2v) is 4.29. The van der Waals surface area contributed by atoms with Crippen LogP contribution < -0.4 is 0 Å². The quantitative estimate of drug-likeness (QED) is 0.704. The maximum atomic E-state index is 6.12. The van der Waals surface area contributed by atoms with Crippen molar-refractivity contribution in [3.05, 3.63) is 46.7 Å². The number of halogens is 2. The van der Waals surface area contributed by atoms with Gasteiger partial charge in [-0.1, -0.05) is 23.2 Å². The van der Waals surface area contributed by atoms with Gasteiger partial charge < -0.3 is 0 Å². The molecule has 5 heteroatoms. The summed E-state index contributed by atoms with van der Waals surface area (Å²) in [5, 5.41) is 4.43. The van der Waals surface area contributed by atoms with Crippen molar-refractivity contribution in [1.82, 2.24) is 14.6 Å². The van der Waals surface area contributed by atoms with E-state index >= 15 is 0 Å². The van der Waals surface area contributed by atoms with Crippen molar-refractivity contribution in [2.45, 2.75) is 0 Å². The smallest absolute Gasteiger partial charge is 0.153 e. The molecule has 2 aromatic heterocycles. The molecule has 80 valence electrons. The highest BCUT2D eigenvalue weighted by atomic mass is 35.5. The van der Waals surface area contributed by atoms with Crippen LogP contribution in [0.25, 0.3) is 16.9 Å². The number of nitrogens with zero attached hydrogens (tertiary/aromatic N) is 2. The summed E-state index contributed by atoms with van der Waals surface area (Å²) in [5.41, 5.74) is 2.70. The molecule has 3 rings (SSSR count). The van der Waals surface area contributed by atoms with Crippen LogP contribution in [0.4, 0.5) is 0 Å². The summed E-state index contributed by atoms with van der Waals surface area (Å²) >= 11 is 12.0. The van der Waals surface area contributed by atoms with E-state index in [0.717, 1.165) is 16.9 Å². The lowest BCUT2D eigenvalue weighted by molar-refractivity contribution is 0.978. The third-order valence-electron chi connectivity index (χ3n) is 2.41. The molecular weight excluding hydrogens is 245 g/mol. The Morgan fingerprint density at radius 3 is 2.81 bits per heavy atom. The van der Waals surface area contributed by atoms with E-state index < -0.39 is 0 Å². The third kappa shape index (κ3) is 1.49. The van der Waals surface area contributed by atoms with Crippen LogP contribution in [0.15, 0.2) is 36.7 Å². The lowest BCUT2D eigenvalue weighted by Crippen LogP contribution is -1.83. The van der Waals surface area contributed by atoms with Gasteiger partial charge in [0.05, 0.1) is 10.7 Å². The normalized spacial score (nSPS) is 11.1. The largest absolute Gasteiger partial charge is 0.292 e. The Morgan fingerprint density at radius 2 is 2.06 bits per heavy atom. The Balaban J connectivity index is 2.19. The summed E-state index contributed by atoms with van der Waals surface area (Å²) in [4.78, 5) is 4.17. The van der Waals surface area contributed by atoms with Crippen molar-refractivity contribution in [3.63, 3.8) is 0 Å². The highest BCUT2D eigenvalue weighted by molar-refractivity contribution is 6.36. The predicted octanol–water partition coefficient (Wildman–Crippen LogP) is 3.64. The van der Waals surface area contributed by atoms with Gasteiger partial charge in [-0.25, -0.2) is 9.50 Å². The number of imidazole rings is 1. The third-order valence-corrected chi connectivity index (χ3v) is 2.95. The molecule has 3 aromatic rings. The molecule has 0 saturated heterocycles. The number of aromatic amines is 1. The summed E-state index contributed by atoms with van der Waals surface area (Å²) in [5.74, 6) is 0. The van der Waals surface area contributed by atoms with Crippen molar-refractivity contribution in [1.29, 1.82) is 0 Å². The van der Waals surface area contributed by atoms with E-state index in [1.54, 1.807) is 12.3 Å². The van der Waals surface area contributed by atoms with Gasteiger partial charge in [0, 0.05) is 29.0 Å². The Labute approximate surface area is 102 Å². The maximum Gasteiger partial charge on any atom is 0.153 e. The standard InChI is InChI=1S/C11H7Cl2N3/c12-7-1-2-8(9(13)5-7)10-6-11-14-3-4-16(11)15-10/h1-6,15H. The molecule has 0 fully saturated rings. The Hall–Kier alpha value is -1.45. The van der Waals surface area contributed by atoms with Gasteiger partial charge in [-0.2, -0.15) is 0 Å². The molecule has 0 amide bonds. The molecule has 1 N–H and O–H groups in total. The molecule has 16 heavy (non-hydrogen) atoms. The first-order valence-corrected chi connectivity index (χ1v) is 5.47. The second-order valence-electron chi connectivity index (χ2n) is 3.45. The van der Waals surface area contributed by atoms with E-state index in [9.17, 15) is 0 Å². The van der Waals surface area contributed by atoms with Gasteiger partial charge >= 0.3 is 0 Å². The van der Waals surface area contributed by atoms with Gasteiger partial charge in [-0.05, 0) is 18.2 Å². The number of fused-ring (bicyclic) bond motifs is 1. The van der Waals surface area contributed by atoms with Crippen LogP contribution in [0.5, 0.6) is 0 Å².